The van der Waals surface area contributed by atoms with E-state index in [-0.39, 0.29) is 29.1 Å². The van der Waals surface area contributed by atoms with Crippen LogP contribution < -0.4 is 0 Å². The van der Waals surface area contributed by atoms with Gasteiger partial charge in [0.15, 0.2) is 14.1 Å². The molecule has 5 heteroatoms. The number of aliphatic hydroxyl groups excluding tert-OH is 1. The molecule has 2 saturated heterocycles. The number of carbonyl (C=O) groups excluding carboxylic acids is 1. The van der Waals surface area contributed by atoms with Gasteiger partial charge in [-0.15, -0.1) is 6.58 Å². The number of rotatable bonds is 4. The number of fused-ring (bicyclic) bond motifs is 3. The molecular weight excluding hydrogens is 380 g/mol. The maximum Gasteiger partial charge on any atom is 0.187 e. The molecule has 4 fully saturated rings. The van der Waals surface area contributed by atoms with Gasteiger partial charge in [0.2, 0.25) is 0 Å². The lowest BCUT2D eigenvalue weighted by molar-refractivity contribution is -0.256. The van der Waals surface area contributed by atoms with Crippen molar-refractivity contribution in [3.63, 3.8) is 0 Å². The predicted octanol–water partition coefficient (Wildman–Crippen LogP) is 5.07. The Labute approximate surface area is 177 Å². The minimum atomic E-state index is -1.97. The van der Waals surface area contributed by atoms with Crippen molar-refractivity contribution >= 4 is 14.1 Å². The summed E-state index contributed by atoms with van der Waals surface area (Å²) in [5.74, 6) is -0.499. The van der Waals surface area contributed by atoms with Crippen LogP contribution in [-0.4, -0.2) is 36.7 Å². The molecule has 1 spiro atoms. The summed E-state index contributed by atoms with van der Waals surface area (Å²) in [6, 6.07) is 0. The lowest BCUT2D eigenvalue weighted by Crippen LogP contribution is -2.55. The Hall–Kier alpha value is -0.493. The third-order valence-corrected chi connectivity index (χ3v) is 9.54. The third-order valence-electron chi connectivity index (χ3n) is 8.58. The van der Waals surface area contributed by atoms with E-state index in [4.69, 9.17) is 9.16 Å². The van der Waals surface area contributed by atoms with Gasteiger partial charge in [-0.2, -0.15) is 0 Å². The van der Waals surface area contributed by atoms with E-state index < -0.39 is 25.6 Å². The van der Waals surface area contributed by atoms with Crippen molar-refractivity contribution in [2.24, 2.45) is 29.1 Å². The molecule has 0 radical (unpaired) electrons. The van der Waals surface area contributed by atoms with Crippen molar-refractivity contribution in [3.05, 3.63) is 12.7 Å². The molecule has 0 aromatic rings. The van der Waals surface area contributed by atoms with Gasteiger partial charge in [-0.05, 0) is 51.2 Å². The van der Waals surface area contributed by atoms with Gasteiger partial charge in [0.25, 0.3) is 0 Å². The highest BCUT2D eigenvalue weighted by atomic mass is 28.4. The molecule has 2 bridgehead atoms. The fourth-order valence-corrected chi connectivity index (χ4v) is 8.85. The van der Waals surface area contributed by atoms with E-state index in [0.717, 1.165) is 25.7 Å². The molecule has 0 aromatic carbocycles. The molecule has 2 heterocycles. The Bertz CT molecular complexity index is 687. The molecule has 164 valence electrons. The molecule has 2 aliphatic heterocycles. The van der Waals surface area contributed by atoms with E-state index in [1.807, 2.05) is 6.92 Å². The molecule has 4 nitrogen and oxygen atoms in total. The molecule has 4 rings (SSSR count). The first-order valence-electron chi connectivity index (χ1n) is 11.7. The fraction of sp³-hybridized carbons (Fsp3) is 0.875. The first-order chi connectivity index (χ1) is 13.5. The number of hydrogen-bond donors (Lipinski definition) is 1. The van der Waals surface area contributed by atoms with Crippen molar-refractivity contribution in [2.75, 3.05) is 0 Å². The van der Waals surface area contributed by atoms with Crippen LogP contribution >= 0.6 is 0 Å². The SMILES string of the molecule is C=C[C@H](O)[C@@H]1[C@@H]2[C@@]3(O[Si](C)(C)C)C[C@@H]4CCCCC[C@]4(CC[C@]2(C)C(=O)[C@@H]1C)O3. The van der Waals surface area contributed by atoms with Crippen LogP contribution in [-0.2, 0) is 14.0 Å². The smallest absolute Gasteiger partial charge is 0.187 e. The second kappa shape index (κ2) is 7.01. The number of aliphatic hydroxyl groups is 1. The van der Waals surface area contributed by atoms with Gasteiger partial charge in [0, 0.05) is 29.6 Å². The second-order valence-electron chi connectivity index (χ2n) is 11.5. The van der Waals surface area contributed by atoms with Crippen LogP contribution in [0.3, 0.4) is 0 Å². The van der Waals surface area contributed by atoms with Crippen molar-refractivity contribution in [1.82, 2.24) is 0 Å². The summed E-state index contributed by atoms with van der Waals surface area (Å²) in [6.45, 7) is 14.6. The molecule has 29 heavy (non-hydrogen) atoms. The number of ether oxygens (including phenoxy) is 1. The summed E-state index contributed by atoms with van der Waals surface area (Å²) >= 11 is 0. The van der Waals surface area contributed by atoms with Crippen LogP contribution in [0.25, 0.3) is 0 Å². The quantitative estimate of drug-likeness (QED) is 0.509. The first-order valence-corrected chi connectivity index (χ1v) is 15.1. The highest BCUT2D eigenvalue weighted by Crippen LogP contribution is 2.67. The van der Waals surface area contributed by atoms with Gasteiger partial charge < -0.3 is 14.3 Å². The lowest BCUT2D eigenvalue weighted by Gasteiger charge is -2.47. The van der Waals surface area contributed by atoms with Crippen LogP contribution in [0.1, 0.15) is 65.2 Å². The van der Waals surface area contributed by atoms with Gasteiger partial charge in [-0.25, -0.2) is 0 Å². The van der Waals surface area contributed by atoms with Crippen LogP contribution in [0, 0.1) is 29.1 Å². The molecule has 2 saturated carbocycles. The molecule has 0 unspecified atom stereocenters. The zero-order valence-electron chi connectivity index (χ0n) is 19.0. The summed E-state index contributed by atoms with van der Waals surface area (Å²) in [5.41, 5.74) is -0.662. The number of hydrogen-bond acceptors (Lipinski definition) is 4. The average molecular weight is 421 g/mol. The van der Waals surface area contributed by atoms with Gasteiger partial charge in [0.05, 0.1) is 11.7 Å². The van der Waals surface area contributed by atoms with Crippen LogP contribution in [0.4, 0.5) is 0 Å². The normalized spacial score (nSPS) is 48.4. The maximum atomic E-state index is 13.6. The summed E-state index contributed by atoms with van der Waals surface area (Å²) in [6.07, 6.45) is 9.55. The van der Waals surface area contributed by atoms with Crippen molar-refractivity contribution in [1.29, 1.82) is 0 Å². The Kier molecular flexibility index (Phi) is 5.25. The number of Topliss-reactive ketones (excluding diaryl/α,β-unsaturated/α-hetero) is 1. The van der Waals surface area contributed by atoms with E-state index >= 15 is 0 Å². The topological polar surface area (TPSA) is 55.8 Å². The number of carbonyl (C=O) groups is 1. The maximum absolute atomic E-state index is 13.6. The molecular formula is C24H40O4Si. The lowest BCUT2D eigenvalue weighted by atomic mass is 9.63. The molecule has 2 aliphatic carbocycles. The van der Waals surface area contributed by atoms with Gasteiger partial charge >= 0.3 is 0 Å². The minimum absolute atomic E-state index is 0.122. The van der Waals surface area contributed by atoms with Gasteiger partial charge in [-0.3, -0.25) is 4.79 Å². The van der Waals surface area contributed by atoms with E-state index in [2.05, 4.69) is 33.1 Å². The highest BCUT2D eigenvalue weighted by molar-refractivity contribution is 6.69. The molecule has 0 amide bonds. The third kappa shape index (κ3) is 3.22. The average Bonchev–Trinajstić information content (AvgIpc) is 2.88. The largest absolute Gasteiger partial charge is 0.390 e. The molecule has 0 aromatic heterocycles. The first kappa shape index (κ1) is 21.7. The Balaban J connectivity index is 1.88. The van der Waals surface area contributed by atoms with E-state index in [1.54, 1.807) is 6.08 Å². The second-order valence-corrected chi connectivity index (χ2v) is 16.0. The molecule has 8 atom stereocenters. The summed E-state index contributed by atoms with van der Waals surface area (Å²) < 4.78 is 14.2. The van der Waals surface area contributed by atoms with E-state index in [1.165, 1.54) is 25.7 Å². The number of ketones is 1. The molecule has 1 N–H and O–H groups in total. The Morgan fingerprint density at radius 1 is 1.24 bits per heavy atom. The summed E-state index contributed by atoms with van der Waals surface area (Å²) in [5, 5.41) is 11.0. The van der Waals surface area contributed by atoms with Crippen LogP contribution in [0.15, 0.2) is 12.7 Å². The molecule has 4 aliphatic rings. The standard InChI is InChI=1S/C24H40O4Si/c1-7-18(25)19-16(2)21(26)22(3)13-14-23-12-10-8-9-11-17(23)15-24(27-23,20(19)22)28-29(4,5)6/h7,16-20,25H,1,8-15H2,2-6H3/t16-,17+,18+,19-,20+,22+,23-,24+/m1/s1. The fourth-order valence-electron chi connectivity index (χ4n) is 7.57. The van der Waals surface area contributed by atoms with Crippen molar-refractivity contribution < 1.29 is 19.1 Å². The minimum Gasteiger partial charge on any atom is -0.390 e. The Morgan fingerprint density at radius 2 is 1.97 bits per heavy atom. The van der Waals surface area contributed by atoms with Crippen LogP contribution in [0.2, 0.25) is 19.6 Å². The van der Waals surface area contributed by atoms with Gasteiger partial charge in [-0.1, -0.05) is 39.2 Å². The predicted molar refractivity (Wildman–Crippen MR) is 117 cm³/mol. The van der Waals surface area contributed by atoms with Crippen molar-refractivity contribution in [2.45, 2.75) is 102 Å². The highest BCUT2D eigenvalue weighted by Gasteiger charge is 2.72. The monoisotopic (exact) mass is 420 g/mol. The Morgan fingerprint density at radius 3 is 2.62 bits per heavy atom. The van der Waals surface area contributed by atoms with E-state index in [9.17, 15) is 9.90 Å². The zero-order chi connectivity index (χ0) is 21.2. The van der Waals surface area contributed by atoms with Gasteiger partial charge in [0.1, 0.15) is 5.78 Å². The summed E-state index contributed by atoms with van der Waals surface area (Å²) in [7, 11) is -1.97. The summed E-state index contributed by atoms with van der Waals surface area (Å²) in [4.78, 5) is 13.6. The van der Waals surface area contributed by atoms with Crippen molar-refractivity contribution in [3.8, 4) is 0 Å². The van der Waals surface area contributed by atoms with E-state index in [0.29, 0.717) is 5.92 Å². The van der Waals surface area contributed by atoms with Crippen LogP contribution in [0.5, 0.6) is 0 Å². The zero-order valence-corrected chi connectivity index (χ0v) is 20.0.